The van der Waals surface area contributed by atoms with Crippen molar-refractivity contribution in [2.24, 2.45) is 5.92 Å². The fraction of sp³-hybridized carbons (Fsp3) is 0.933. The molecule has 2 atom stereocenters. The first kappa shape index (κ1) is 14.8. The number of amides is 1. The van der Waals surface area contributed by atoms with E-state index in [0.717, 1.165) is 32.4 Å². The monoisotopic (exact) mass is 268 g/mol. The molecule has 19 heavy (non-hydrogen) atoms. The van der Waals surface area contributed by atoms with E-state index in [1.807, 2.05) is 6.92 Å². The minimum Gasteiger partial charge on any atom is -0.385 e. The maximum Gasteiger partial charge on any atom is 0.240 e. The highest BCUT2D eigenvalue weighted by Crippen LogP contribution is 2.32. The van der Waals surface area contributed by atoms with Crippen LogP contribution >= 0.6 is 0 Å². The van der Waals surface area contributed by atoms with Gasteiger partial charge >= 0.3 is 0 Å². The minimum absolute atomic E-state index is 0.00424. The molecule has 0 aromatic rings. The lowest BCUT2D eigenvalue weighted by atomic mass is 10.0. The SMILES string of the molecule is COCCCCCN1C(=O)C(C)NC1C1CCCC1. The molecule has 2 unspecified atom stereocenters. The number of hydrogen-bond donors (Lipinski definition) is 1. The van der Waals surface area contributed by atoms with Gasteiger partial charge in [0.05, 0.1) is 12.2 Å². The Kier molecular flexibility index (Phi) is 5.64. The molecule has 1 amide bonds. The van der Waals surface area contributed by atoms with Gasteiger partial charge in [0.1, 0.15) is 0 Å². The Balaban J connectivity index is 1.81. The molecule has 110 valence electrons. The third-order valence-corrected chi connectivity index (χ3v) is 4.50. The van der Waals surface area contributed by atoms with Crippen LogP contribution in [0.1, 0.15) is 51.9 Å². The van der Waals surface area contributed by atoms with E-state index in [4.69, 9.17) is 4.74 Å². The minimum atomic E-state index is 0.00424. The number of carbonyl (C=O) groups is 1. The summed E-state index contributed by atoms with van der Waals surface area (Å²) in [4.78, 5) is 14.3. The highest BCUT2D eigenvalue weighted by atomic mass is 16.5. The van der Waals surface area contributed by atoms with Gasteiger partial charge in [-0.1, -0.05) is 12.8 Å². The average Bonchev–Trinajstić information content (AvgIpc) is 3.01. The second kappa shape index (κ2) is 7.25. The van der Waals surface area contributed by atoms with Crippen LogP contribution in [0.4, 0.5) is 0 Å². The van der Waals surface area contributed by atoms with Gasteiger partial charge in [0, 0.05) is 20.3 Å². The number of unbranched alkanes of at least 4 members (excludes halogenated alkanes) is 2. The van der Waals surface area contributed by atoms with Gasteiger partial charge < -0.3 is 9.64 Å². The van der Waals surface area contributed by atoms with Gasteiger partial charge in [-0.25, -0.2) is 0 Å². The van der Waals surface area contributed by atoms with E-state index in [-0.39, 0.29) is 6.04 Å². The van der Waals surface area contributed by atoms with Crippen molar-refractivity contribution in [1.82, 2.24) is 10.2 Å². The summed E-state index contributed by atoms with van der Waals surface area (Å²) in [5.74, 6) is 0.969. The van der Waals surface area contributed by atoms with Crippen molar-refractivity contribution < 1.29 is 9.53 Å². The zero-order valence-electron chi connectivity index (χ0n) is 12.4. The number of nitrogens with zero attached hydrogens (tertiary/aromatic N) is 1. The standard InChI is InChI=1S/C15H28N2O2/c1-12-15(18)17(10-6-3-7-11-19-2)14(16-12)13-8-4-5-9-13/h12-14,16H,3-11H2,1-2H3. The molecule has 2 rings (SSSR count). The molecule has 1 aliphatic heterocycles. The van der Waals surface area contributed by atoms with E-state index < -0.39 is 0 Å². The molecule has 0 aromatic carbocycles. The summed E-state index contributed by atoms with van der Waals surface area (Å²) in [6.07, 6.45) is 8.83. The highest BCUT2D eigenvalue weighted by Gasteiger charge is 2.40. The highest BCUT2D eigenvalue weighted by molar-refractivity contribution is 5.83. The quantitative estimate of drug-likeness (QED) is 0.719. The molecule has 0 aromatic heterocycles. The van der Waals surface area contributed by atoms with Crippen LogP contribution in [-0.2, 0) is 9.53 Å². The summed E-state index contributed by atoms with van der Waals surface area (Å²) in [7, 11) is 1.74. The molecule has 4 heteroatoms. The van der Waals surface area contributed by atoms with Crippen LogP contribution in [-0.4, -0.2) is 43.3 Å². The second-order valence-corrected chi connectivity index (χ2v) is 5.96. The molecule has 0 spiro atoms. The first-order valence-electron chi connectivity index (χ1n) is 7.79. The van der Waals surface area contributed by atoms with Crippen LogP contribution < -0.4 is 5.32 Å². The maximum atomic E-state index is 12.2. The molecular weight excluding hydrogens is 240 g/mol. The molecule has 1 saturated carbocycles. The zero-order valence-corrected chi connectivity index (χ0v) is 12.4. The summed E-state index contributed by atoms with van der Waals surface area (Å²) in [5.41, 5.74) is 0. The Morgan fingerprint density at radius 2 is 2.00 bits per heavy atom. The predicted molar refractivity (Wildman–Crippen MR) is 75.8 cm³/mol. The molecule has 4 nitrogen and oxygen atoms in total. The van der Waals surface area contributed by atoms with Crippen LogP contribution in [0, 0.1) is 5.92 Å². The normalized spacial score (nSPS) is 28.5. The summed E-state index contributed by atoms with van der Waals surface area (Å²) in [5, 5.41) is 3.50. The molecule has 1 aliphatic carbocycles. The lowest BCUT2D eigenvalue weighted by molar-refractivity contribution is -0.130. The van der Waals surface area contributed by atoms with E-state index >= 15 is 0 Å². The van der Waals surface area contributed by atoms with E-state index in [9.17, 15) is 4.79 Å². The molecule has 0 radical (unpaired) electrons. The van der Waals surface area contributed by atoms with Crippen molar-refractivity contribution >= 4 is 5.91 Å². The molecule has 1 N–H and O–H groups in total. The molecule has 2 aliphatic rings. The van der Waals surface area contributed by atoms with E-state index in [0.29, 0.717) is 18.0 Å². The Morgan fingerprint density at radius 3 is 2.68 bits per heavy atom. The lowest BCUT2D eigenvalue weighted by Gasteiger charge is -2.29. The average molecular weight is 268 g/mol. The Bertz CT molecular complexity index is 290. The Labute approximate surface area is 116 Å². The number of rotatable bonds is 7. The van der Waals surface area contributed by atoms with Gasteiger partial charge in [-0.3, -0.25) is 10.1 Å². The first-order chi connectivity index (χ1) is 9.24. The summed E-state index contributed by atoms with van der Waals surface area (Å²) < 4.78 is 5.06. The number of nitrogens with one attached hydrogen (secondary N) is 1. The van der Waals surface area contributed by atoms with Gasteiger partial charge in [-0.15, -0.1) is 0 Å². The maximum absolute atomic E-state index is 12.2. The van der Waals surface area contributed by atoms with Gasteiger partial charge in [-0.05, 0) is 44.9 Å². The molecule has 0 bridgehead atoms. The largest absolute Gasteiger partial charge is 0.385 e. The predicted octanol–water partition coefficient (Wildman–Crippen LogP) is 2.14. The van der Waals surface area contributed by atoms with Crippen molar-refractivity contribution in [2.45, 2.75) is 64.1 Å². The van der Waals surface area contributed by atoms with Crippen LogP contribution in [0.25, 0.3) is 0 Å². The first-order valence-corrected chi connectivity index (χ1v) is 7.79. The van der Waals surface area contributed by atoms with Crippen molar-refractivity contribution in [3.63, 3.8) is 0 Å². The van der Waals surface area contributed by atoms with Crippen LogP contribution in [0.15, 0.2) is 0 Å². The van der Waals surface area contributed by atoms with E-state index in [2.05, 4.69) is 10.2 Å². The topological polar surface area (TPSA) is 41.6 Å². The fourth-order valence-electron chi connectivity index (χ4n) is 3.42. The fourth-order valence-corrected chi connectivity index (χ4v) is 3.42. The molecule has 2 fully saturated rings. The van der Waals surface area contributed by atoms with Crippen LogP contribution in [0.5, 0.6) is 0 Å². The van der Waals surface area contributed by atoms with Crippen molar-refractivity contribution in [1.29, 1.82) is 0 Å². The van der Waals surface area contributed by atoms with Crippen molar-refractivity contribution in [2.75, 3.05) is 20.3 Å². The second-order valence-electron chi connectivity index (χ2n) is 5.96. The van der Waals surface area contributed by atoms with Gasteiger partial charge in [0.25, 0.3) is 0 Å². The number of hydrogen-bond acceptors (Lipinski definition) is 3. The zero-order chi connectivity index (χ0) is 13.7. The molecule has 1 heterocycles. The van der Waals surface area contributed by atoms with Crippen LogP contribution in [0.2, 0.25) is 0 Å². The third-order valence-electron chi connectivity index (χ3n) is 4.50. The summed E-state index contributed by atoms with van der Waals surface area (Å²) in [6.45, 7) is 3.73. The van der Waals surface area contributed by atoms with Crippen molar-refractivity contribution in [3.8, 4) is 0 Å². The van der Waals surface area contributed by atoms with E-state index in [1.165, 1.54) is 25.7 Å². The third kappa shape index (κ3) is 3.69. The number of carbonyl (C=O) groups excluding carboxylic acids is 1. The number of methoxy groups -OCH3 is 1. The Morgan fingerprint density at radius 1 is 1.26 bits per heavy atom. The summed E-state index contributed by atoms with van der Waals surface area (Å²) >= 11 is 0. The van der Waals surface area contributed by atoms with Gasteiger partial charge in [0.15, 0.2) is 0 Å². The van der Waals surface area contributed by atoms with Gasteiger partial charge in [0.2, 0.25) is 5.91 Å². The molecular formula is C15H28N2O2. The van der Waals surface area contributed by atoms with Gasteiger partial charge in [-0.2, -0.15) is 0 Å². The van der Waals surface area contributed by atoms with Crippen LogP contribution in [0.3, 0.4) is 0 Å². The Hall–Kier alpha value is -0.610. The lowest BCUT2D eigenvalue weighted by Crippen LogP contribution is -2.43. The molecule has 1 saturated heterocycles. The summed E-state index contributed by atoms with van der Waals surface area (Å²) in [6, 6.07) is 0.00424. The van der Waals surface area contributed by atoms with E-state index in [1.54, 1.807) is 7.11 Å². The van der Waals surface area contributed by atoms with Crippen molar-refractivity contribution in [3.05, 3.63) is 0 Å². The smallest absolute Gasteiger partial charge is 0.240 e. The number of ether oxygens (including phenoxy) is 1.